The Labute approximate surface area is 467 Å². The zero-order valence-electron chi connectivity index (χ0n) is 48.0. The Balaban J connectivity index is 1.68. The van der Waals surface area contributed by atoms with Crippen LogP contribution in [0.4, 0.5) is 22.0 Å². The van der Waals surface area contributed by atoms with Crippen molar-refractivity contribution >= 4 is 29.2 Å². The van der Waals surface area contributed by atoms with E-state index in [-0.39, 0.29) is 94.3 Å². The van der Waals surface area contributed by atoms with Crippen LogP contribution in [0, 0.1) is 35.5 Å². The zero-order chi connectivity index (χ0) is 59.5. The SMILES string of the molecule is CO[C@@H]1CC(C[C@@H](C)C2CC(=O)[C@H](C)/C=C(\C)[C@@H](O)[C@@H](OC)C(=O)[C@H](C)C[C@H](C)/C=C/C=C/C=C(\C)C(OCCOCCOC(F)(F)C(F)(F)F)C[C@@H]3CC[C@@H](C)[C@@](O)(O3)C(=O)C(=O)N3CCCC[C@H]3C(=O)O2)CC[C@H]1OCCO. The number of methoxy groups -OCH3 is 2. The fourth-order valence-corrected chi connectivity index (χ4v) is 11.1. The van der Waals surface area contributed by atoms with Crippen LogP contribution in [-0.2, 0) is 61.9 Å². The highest BCUT2D eigenvalue weighted by molar-refractivity contribution is 6.39. The third-order valence-electron chi connectivity index (χ3n) is 16.0. The molecule has 15 atom stereocenters. The van der Waals surface area contributed by atoms with Gasteiger partial charge in [-0.2, -0.15) is 22.0 Å². The van der Waals surface area contributed by atoms with Crippen molar-refractivity contribution in [2.24, 2.45) is 35.5 Å². The monoisotopic (exact) mass is 1150 g/mol. The van der Waals surface area contributed by atoms with Gasteiger partial charge in [0.05, 0.1) is 64.1 Å². The molecule has 0 aromatic heterocycles. The fourth-order valence-electron chi connectivity index (χ4n) is 11.1. The minimum Gasteiger partial charge on any atom is -0.460 e. The summed E-state index contributed by atoms with van der Waals surface area (Å²) in [6, 6.07) is -1.26. The molecule has 3 fully saturated rings. The van der Waals surface area contributed by atoms with Gasteiger partial charge < -0.3 is 58.1 Å². The molecule has 0 radical (unpaired) electrons. The minimum absolute atomic E-state index is 0.0228. The number of amides is 1. The molecule has 3 N–H and O–H groups in total. The van der Waals surface area contributed by atoms with Crippen LogP contribution in [0.25, 0.3) is 0 Å². The molecule has 0 aromatic carbocycles. The van der Waals surface area contributed by atoms with E-state index in [0.717, 1.165) is 11.3 Å². The number of aliphatic hydroxyl groups excluding tert-OH is 2. The number of Topliss-reactive ketones (excluding diaryl/α,β-unsaturated/α-hetero) is 3. The van der Waals surface area contributed by atoms with E-state index in [0.29, 0.717) is 56.1 Å². The molecule has 2 bridgehead atoms. The number of piperidine rings is 1. The molecule has 17 nitrogen and oxygen atoms in total. The molecule has 3 heterocycles. The normalized spacial score (nSPS) is 35.5. The predicted molar refractivity (Wildman–Crippen MR) is 283 cm³/mol. The van der Waals surface area contributed by atoms with Gasteiger partial charge in [-0.15, -0.1) is 0 Å². The van der Waals surface area contributed by atoms with E-state index in [9.17, 15) is 61.2 Å². The zero-order valence-corrected chi connectivity index (χ0v) is 48.0. The van der Waals surface area contributed by atoms with Crippen molar-refractivity contribution in [3.05, 3.63) is 47.6 Å². The van der Waals surface area contributed by atoms with E-state index in [1.807, 2.05) is 19.9 Å². The van der Waals surface area contributed by atoms with Crippen molar-refractivity contribution in [3.63, 3.8) is 0 Å². The Morgan fingerprint density at radius 1 is 0.812 bits per heavy atom. The van der Waals surface area contributed by atoms with Crippen LogP contribution in [-0.4, -0.2) is 177 Å². The summed E-state index contributed by atoms with van der Waals surface area (Å²) in [4.78, 5) is 72.7. The summed E-state index contributed by atoms with van der Waals surface area (Å²) in [5.74, 6) is -9.27. The van der Waals surface area contributed by atoms with Gasteiger partial charge in [0.15, 0.2) is 5.78 Å². The third-order valence-corrected chi connectivity index (χ3v) is 16.0. The fraction of sp³-hybridized carbons (Fsp3) is 0.776. The number of rotatable bonds is 16. The number of carbonyl (C=O) groups excluding carboxylic acids is 5. The summed E-state index contributed by atoms with van der Waals surface area (Å²) >= 11 is 0. The van der Waals surface area contributed by atoms with Crippen LogP contribution in [0.3, 0.4) is 0 Å². The molecule has 0 spiro atoms. The average molecular weight is 1150 g/mol. The van der Waals surface area contributed by atoms with E-state index < -0.39 is 109 Å². The highest BCUT2D eigenvalue weighted by Crippen LogP contribution is 2.39. The summed E-state index contributed by atoms with van der Waals surface area (Å²) in [7, 11) is 2.92. The molecule has 1 saturated carbocycles. The highest BCUT2D eigenvalue weighted by atomic mass is 19.4. The molecule has 3 aliphatic heterocycles. The number of halogens is 5. The van der Waals surface area contributed by atoms with Crippen LogP contribution in [0.1, 0.15) is 126 Å². The van der Waals surface area contributed by atoms with E-state index in [1.54, 1.807) is 72.1 Å². The molecule has 80 heavy (non-hydrogen) atoms. The summed E-state index contributed by atoms with van der Waals surface area (Å²) < 4.78 is 109. The quantitative estimate of drug-likeness (QED) is 0.0442. The van der Waals surface area contributed by atoms with Crippen molar-refractivity contribution in [2.75, 3.05) is 60.4 Å². The minimum atomic E-state index is -5.90. The maximum absolute atomic E-state index is 14.6. The maximum atomic E-state index is 14.6. The molecule has 4 rings (SSSR count). The molecular formula is C58H88F5NO16. The second-order valence-corrected chi connectivity index (χ2v) is 22.3. The Morgan fingerprint density at radius 3 is 2.20 bits per heavy atom. The topological polar surface area (TPSA) is 223 Å². The van der Waals surface area contributed by atoms with Gasteiger partial charge in [-0.3, -0.25) is 19.2 Å². The van der Waals surface area contributed by atoms with Crippen LogP contribution >= 0.6 is 0 Å². The summed E-state index contributed by atoms with van der Waals surface area (Å²) in [5, 5.41) is 33.1. The number of ether oxygens (including phenoxy) is 8. The number of nitrogens with zero attached hydrogens (tertiary/aromatic N) is 1. The molecule has 456 valence electrons. The molecule has 3 unspecified atom stereocenters. The lowest BCUT2D eigenvalue weighted by atomic mass is 9.78. The van der Waals surface area contributed by atoms with Gasteiger partial charge in [0, 0.05) is 51.4 Å². The standard InChI is InChI=1S/C58H88F5NO16/c1-35-15-11-10-12-16-36(2)47(77-27-25-75-26-28-78-58(62,63)57(59,60)61)33-43-20-18-41(7)56(72,80-43)53(69)54(70)64-22-14-13-17-44(64)55(71)79-48(38(4)31-42-19-21-46(76-24-23-65)49(32-42)73-8)34-45(66)37(3)30-40(6)51(68)52(74-9)50(67)39(5)29-35/h10-12,15-16,30,35,37-39,41-44,46-49,51-52,65,68,72H,13-14,17-29,31-34H2,1-9H3/b12-10+,15-11+,36-16+,40-30+/t35-,37-,38-,39-,41-,42?,43+,44+,46-,47?,48?,49-,51-,52+,56-/m1/s1. The lowest BCUT2D eigenvalue weighted by molar-refractivity contribution is -0.392. The molecule has 4 aliphatic rings. The van der Waals surface area contributed by atoms with Crippen molar-refractivity contribution < 1.29 is 99.1 Å². The first-order valence-corrected chi connectivity index (χ1v) is 28.2. The molecule has 22 heteroatoms. The van der Waals surface area contributed by atoms with Gasteiger partial charge in [-0.25, -0.2) is 4.79 Å². The summed E-state index contributed by atoms with van der Waals surface area (Å²) in [6.45, 7) is 10.0. The maximum Gasteiger partial charge on any atom is 0.482 e. The summed E-state index contributed by atoms with van der Waals surface area (Å²) in [5.41, 5.74) is 0.944. The number of carbonyl (C=O) groups is 5. The lowest BCUT2D eigenvalue weighted by Gasteiger charge is -2.43. The number of aliphatic hydroxyl groups is 3. The smallest absolute Gasteiger partial charge is 0.460 e. The predicted octanol–water partition coefficient (Wildman–Crippen LogP) is 7.76. The second-order valence-electron chi connectivity index (χ2n) is 22.3. The van der Waals surface area contributed by atoms with Crippen molar-refractivity contribution in [1.29, 1.82) is 0 Å². The van der Waals surface area contributed by atoms with Crippen molar-refractivity contribution in [3.8, 4) is 0 Å². The number of alkyl halides is 5. The van der Waals surface area contributed by atoms with E-state index >= 15 is 0 Å². The van der Waals surface area contributed by atoms with E-state index in [4.69, 9.17) is 33.2 Å². The number of fused-ring (bicyclic) bond motifs is 3. The van der Waals surface area contributed by atoms with Gasteiger partial charge in [0.25, 0.3) is 11.7 Å². The average Bonchev–Trinajstić information content (AvgIpc) is 3.43. The second kappa shape index (κ2) is 32.3. The Kier molecular flexibility index (Phi) is 27.7. The summed E-state index contributed by atoms with van der Waals surface area (Å²) in [6.07, 6.45) is -2.37. The lowest BCUT2D eigenvalue weighted by Crippen LogP contribution is -2.61. The van der Waals surface area contributed by atoms with Crippen LogP contribution < -0.4 is 0 Å². The number of esters is 1. The molecule has 0 aromatic rings. The number of allylic oxidation sites excluding steroid dienone is 6. The van der Waals surface area contributed by atoms with Crippen molar-refractivity contribution in [1.82, 2.24) is 4.90 Å². The number of hydrogen-bond acceptors (Lipinski definition) is 16. The van der Waals surface area contributed by atoms with Gasteiger partial charge in [0.1, 0.15) is 30.1 Å². The van der Waals surface area contributed by atoms with Gasteiger partial charge in [-0.1, -0.05) is 71.1 Å². The Morgan fingerprint density at radius 2 is 1.52 bits per heavy atom. The first kappa shape index (κ1) is 68.7. The first-order chi connectivity index (χ1) is 37.7. The van der Waals surface area contributed by atoms with Crippen LogP contribution in [0.5, 0.6) is 0 Å². The number of hydrogen-bond donors (Lipinski definition) is 3. The van der Waals surface area contributed by atoms with Gasteiger partial charge in [-0.05, 0) is 107 Å². The van der Waals surface area contributed by atoms with E-state index in [2.05, 4.69) is 4.74 Å². The number of ketones is 3. The molecular weight excluding hydrogens is 1060 g/mol. The number of cyclic esters (lactones) is 1. The Hall–Kier alpha value is -3.84. The first-order valence-electron chi connectivity index (χ1n) is 28.2. The molecule has 2 saturated heterocycles. The van der Waals surface area contributed by atoms with Gasteiger partial charge >= 0.3 is 18.3 Å². The largest absolute Gasteiger partial charge is 0.482 e. The van der Waals surface area contributed by atoms with E-state index in [1.165, 1.54) is 7.11 Å². The van der Waals surface area contributed by atoms with Crippen molar-refractivity contribution in [2.45, 2.75) is 192 Å². The third kappa shape index (κ3) is 19.6. The molecule has 1 aliphatic carbocycles. The Bertz CT molecular complexity index is 2140. The van der Waals surface area contributed by atoms with Gasteiger partial charge in [0.2, 0.25) is 5.79 Å². The van der Waals surface area contributed by atoms with Crippen LogP contribution in [0.2, 0.25) is 0 Å². The highest BCUT2D eigenvalue weighted by Gasteiger charge is 2.59. The molecule has 1 amide bonds. The van der Waals surface area contributed by atoms with Crippen LogP contribution in [0.15, 0.2) is 47.6 Å².